The van der Waals surface area contributed by atoms with Gasteiger partial charge in [0.1, 0.15) is 0 Å². The number of piperidine rings is 1. The van der Waals surface area contributed by atoms with E-state index >= 15 is 0 Å². The fraction of sp³-hybridized carbons (Fsp3) is 0.350. The second-order valence-corrected chi connectivity index (χ2v) is 6.85. The van der Waals surface area contributed by atoms with Crippen LogP contribution in [0.4, 0.5) is 16.2 Å². The van der Waals surface area contributed by atoms with E-state index in [4.69, 9.17) is 11.6 Å². The molecule has 1 atom stereocenters. The summed E-state index contributed by atoms with van der Waals surface area (Å²) < 4.78 is 0. The minimum Gasteiger partial charge on any atom is -0.371 e. The number of urea groups is 1. The highest BCUT2D eigenvalue weighted by molar-refractivity contribution is 6.31. The van der Waals surface area contributed by atoms with Crippen molar-refractivity contribution >= 4 is 29.0 Å². The second kappa shape index (κ2) is 8.26. The molecule has 0 bridgehead atoms. The summed E-state index contributed by atoms with van der Waals surface area (Å²) in [5.74, 6) is 0. The predicted octanol–water partition coefficient (Wildman–Crippen LogP) is 5.21. The van der Waals surface area contributed by atoms with Gasteiger partial charge in [-0.2, -0.15) is 0 Å². The molecule has 0 aromatic heterocycles. The van der Waals surface area contributed by atoms with Crippen molar-refractivity contribution in [3.63, 3.8) is 0 Å². The number of halogens is 1. The molecule has 3 rings (SSSR count). The molecular weight excluding hydrogens is 334 g/mol. The number of nitrogens with zero attached hydrogens (tertiary/aromatic N) is 1. The lowest BCUT2D eigenvalue weighted by molar-refractivity contribution is 0.249. The van der Waals surface area contributed by atoms with E-state index in [0.29, 0.717) is 5.02 Å². The zero-order valence-electron chi connectivity index (χ0n) is 14.5. The Morgan fingerprint density at radius 2 is 1.84 bits per heavy atom. The Morgan fingerprint density at radius 3 is 2.60 bits per heavy atom. The number of hydrogen-bond donors (Lipinski definition) is 2. The first kappa shape index (κ1) is 17.6. The van der Waals surface area contributed by atoms with Crippen LogP contribution in [0, 0.1) is 0 Å². The van der Waals surface area contributed by atoms with Crippen molar-refractivity contribution in [2.24, 2.45) is 0 Å². The molecule has 1 fully saturated rings. The first-order valence-electron chi connectivity index (χ1n) is 8.80. The van der Waals surface area contributed by atoms with Gasteiger partial charge in [-0.3, -0.25) is 0 Å². The summed E-state index contributed by atoms with van der Waals surface area (Å²) in [5.41, 5.74) is 2.87. The van der Waals surface area contributed by atoms with Crippen LogP contribution in [0.15, 0.2) is 48.5 Å². The van der Waals surface area contributed by atoms with Gasteiger partial charge in [0.05, 0.1) is 6.04 Å². The molecule has 0 aliphatic carbocycles. The third-order valence-corrected chi connectivity index (χ3v) is 4.89. The standard InChI is InChI=1S/C20H24ClN3O/c1-15(18-10-3-4-11-19(18)21)22-20(25)23-16-8-7-9-17(14-16)24-12-5-2-6-13-24/h3-4,7-11,14-15H,2,5-6,12-13H2,1H3,(H2,22,23,25). The number of benzene rings is 2. The molecule has 1 saturated heterocycles. The van der Waals surface area contributed by atoms with Crippen molar-refractivity contribution in [3.05, 3.63) is 59.1 Å². The van der Waals surface area contributed by atoms with Gasteiger partial charge in [-0.25, -0.2) is 4.79 Å². The first-order chi connectivity index (χ1) is 12.1. The molecule has 25 heavy (non-hydrogen) atoms. The van der Waals surface area contributed by atoms with E-state index in [1.807, 2.05) is 49.4 Å². The maximum absolute atomic E-state index is 12.3. The third kappa shape index (κ3) is 4.67. The van der Waals surface area contributed by atoms with Crippen molar-refractivity contribution in [1.82, 2.24) is 5.32 Å². The number of carbonyl (C=O) groups is 1. The van der Waals surface area contributed by atoms with Gasteiger partial charge in [0, 0.05) is 29.5 Å². The fourth-order valence-electron chi connectivity index (χ4n) is 3.20. The largest absolute Gasteiger partial charge is 0.371 e. The molecule has 0 saturated carbocycles. The number of carbonyl (C=O) groups excluding carboxylic acids is 1. The van der Waals surface area contributed by atoms with Gasteiger partial charge in [0.25, 0.3) is 0 Å². The van der Waals surface area contributed by atoms with Crippen LogP contribution in [0.5, 0.6) is 0 Å². The van der Waals surface area contributed by atoms with Crippen LogP contribution >= 0.6 is 11.6 Å². The van der Waals surface area contributed by atoms with Gasteiger partial charge in [-0.15, -0.1) is 0 Å². The summed E-state index contributed by atoms with van der Waals surface area (Å²) in [4.78, 5) is 14.7. The van der Waals surface area contributed by atoms with Gasteiger partial charge in [0.15, 0.2) is 0 Å². The smallest absolute Gasteiger partial charge is 0.319 e. The van der Waals surface area contributed by atoms with Crippen molar-refractivity contribution in [3.8, 4) is 0 Å². The van der Waals surface area contributed by atoms with E-state index in [0.717, 1.165) is 30.0 Å². The normalized spacial score (nSPS) is 15.5. The average molecular weight is 358 g/mol. The summed E-state index contributed by atoms with van der Waals surface area (Å²) in [6.45, 7) is 4.09. The van der Waals surface area contributed by atoms with E-state index in [2.05, 4.69) is 21.6 Å². The Balaban J connectivity index is 1.62. The van der Waals surface area contributed by atoms with E-state index in [-0.39, 0.29) is 12.1 Å². The molecular formula is C20H24ClN3O. The molecule has 0 radical (unpaired) electrons. The highest BCUT2D eigenvalue weighted by Crippen LogP contribution is 2.24. The lowest BCUT2D eigenvalue weighted by atomic mass is 10.1. The Hall–Kier alpha value is -2.20. The van der Waals surface area contributed by atoms with Gasteiger partial charge < -0.3 is 15.5 Å². The van der Waals surface area contributed by atoms with Crippen molar-refractivity contribution in [2.75, 3.05) is 23.3 Å². The Bertz CT molecular complexity index is 728. The Kier molecular flexibility index (Phi) is 5.82. The number of anilines is 2. The lowest BCUT2D eigenvalue weighted by Crippen LogP contribution is -2.32. The fourth-order valence-corrected chi connectivity index (χ4v) is 3.50. The van der Waals surface area contributed by atoms with Crippen LogP contribution in [0.25, 0.3) is 0 Å². The van der Waals surface area contributed by atoms with Gasteiger partial charge in [-0.1, -0.05) is 35.9 Å². The Morgan fingerprint density at radius 1 is 1.08 bits per heavy atom. The maximum Gasteiger partial charge on any atom is 0.319 e. The third-order valence-electron chi connectivity index (χ3n) is 4.54. The predicted molar refractivity (Wildman–Crippen MR) is 105 cm³/mol. The second-order valence-electron chi connectivity index (χ2n) is 6.44. The van der Waals surface area contributed by atoms with Crippen LogP contribution in [0.3, 0.4) is 0 Å². The summed E-state index contributed by atoms with van der Waals surface area (Å²) in [6, 6.07) is 15.2. The number of nitrogens with one attached hydrogen (secondary N) is 2. The molecule has 0 spiro atoms. The van der Waals surface area contributed by atoms with Crippen LogP contribution in [-0.4, -0.2) is 19.1 Å². The van der Waals surface area contributed by atoms with Gasteiger partial charge in [-0.05, 0) is 56.0 Å². The summed E-state index contributed by atoms with van der Waals surface area (Å²) >= 11 is 6.19. The van der Waals surface area contributed by atoms with Crippen LogP contribution in [0.1, 0.15) is 37.8 Å². The van der Waals surface area contributed by atoms with Crippen LogP contribution < -0.4 is 15.5 Å². The maximum atomic E-state index is 12.3. The van der Waals surface area contributed by atoms with Crippen LogP contribution in [0.2, 0.25) is 5.02 Å². The molecule has 132 valence electrons. The molecule has 5 heteroatoms. The molecule has 2 amide bonds. The average Bonchev–Trinajstić information content (AvgIpc) is 2.63. The lowest BCUT2D eigenvalue weighted by Gasteiger charge is -2.29. The van der Waals surface area contributed by atoms with Gasteiger partial charge in [0.2, 0.25) is 0 Å². The topological polar surface area (TPSA) is 44.4 Å². The quantitative estimate of drug-likeness (QED) is 0.788. The number of hydrogen-bond acceptors (Lipinski definition) is 2. The van der Waals surface area contributed by atoms with Crippen LogP contribution in [-0.2, 0) is 0 Å². The molecule has 2 N–H and O–H groups in total. The molecule has 1 unspecified atom stereocenters. The molecule has 4 nitrogen and oxygen atoms in total. The van der Waals surface area contributed by atoms with Crippen molar-refractivity contribution < 1.29 is 4.79 Å². The van der Waals surface area contributed by atoms with Gasteiger partial charge >= 0.3 is 6.03 Å². The minimum absolute atomic E-state index is 0.168. The summed E-state index contributed by atoms with van der Waals surface area (Å²) in [7, 11) is 0. The van der Waals surface area contributed by atoms with Crippen molar-refractivity contribution in [2.45, 2.75) is 32.2 Å². The van der Waals surface area contributed by atoms with E-state index < -0.39 is 0 Å². The first-order valence-corrected chi connectivity index (χ1v) is 9.18. The SMILES string of the molecule is CC(NC(=O)Nc1cccc(N2CCCCC2)c1)c1ccccc1Cl. The highest BCUT2D eigenvalue weighted by atomic mass is 35.5. The molecule has 1 heterocycles. The summed E-state index contributed by atoms with van der Waals surface area (Å²) in [5, 5.41) is 6.51. The van der Waals surface area contributed by atoms with E-state index in [9.17, 15) is 4.79 Å². The number of amides is 2. The molecule has 1 aliphatic rings. The Labute approximate surface area is 154 Å². The number of rotatable bonds is 4. The molecule has 2 aromatic rings. The van der Waals surface area contributed by atoms with E-state index in [1.54, 1.807) is 0 Å². The highest BCUT2D eigenvalue weighted by Gasteiger charge is 2.14. The summed E-state index contributed by atoms with van der Waals surface area (Å²) in [6.07, 6.45) is 3.76. The molecule has 1 aliphatic heterocycles. The zero-order chi connectivity index (χ0) is 17.6. The zero-order valence-corrected chi connectivity index (χ0v) is 15.2. The molecule has 2 aromatic carbocycles. The monoisotopic (exact) mass is 357 g/mol. The minimum atomic E-state index is -0.233. The van der Waals surface area contributed by atoms with Crippen molar-refractivity contribution in [1.29, 1.82) is 0 Å². The van der Waals surface area contributed by atoms with E-state index in [1.165, 1.54) is 19.3 Å².